The summed E-state index contributed by atoms with van der Waals surface area (Å²) < 4.78 is 11.6. The summed E-state index contributed by atoms with van der Waals surface area (Å²) in [6.45, 7) is 1.35. The molecular weight excluding hydrogens is 370 g/mol. The van der Waals surface area contributed by atoms with E-state index in [1.54, 1.807) is 18.2 Å². The van der Waals surface area contributed by atoms with Gasteiger partial charge in [-0.15, -0.1) is 5.10 Å². The molecule has 0 N–H and O–H groups in total. The van der Waals surface area contributed by atoms with E-state index in [1.807, 2.05) is 6.07 Å². The molecule has 0 bridgehead atoms. The lowest BCUT2D eigenvalue weighted by molar-refractivity contribution is -0.402. The van der Waals surface area contributed by atoms with Gasteiger partial charge in [0, 0.05) is 17.0 Å². The molecule has 8 nitrogen and oxygen atoms in total. The van der Waals surface area contributed by atoms with Gasteiger partial charge in [0.05, 0.1) is 6.07 Å². The van der Waals surface area contributed by atoms with Crippen molar-refractivity contribution in [2.75, 3.05) is 0 Å². The molecule has 0 radical (unpaired) electrons. The fourth-order valence-corrected chi connectivity index (χ4v) is 2.50. The van der Waals surface area contributed by atoms with Crippen molar-refractivity contribution >= 4 is 33.6 Å². The highest BCUT2D eigenvalue weighted by Gasteiger charge is 2.35. The van der Waals surface area contributed by atoms with Gasteiger partial charge in [0.25, 0.3) is 5.90 Å². The molecule has 3 rings (SSSR count). The average molecular weight is 380 g/mol. The summed E-state index contributed by atoms with van der Waals surface area (Å²) in [4.78, 5) is 21.8. The maximum atomic E-state index is 11.8. The molecule has 1 aromatic carbocycles. The lowest BCUT2D eigenvalue weighted by atomic mass is 10.2. The molecule has 0 saturated carbocycles. The van der Waals surface area contributed by atoms with Crippen LogP contribution in [-0.4, -0.2) is 21.7 Å². The number of hydrazone groups is 1. The van der Waals surface area contributed by atoms with Crippen LogP contribution in [0.2, 0.25) is 0 Å². The predicted molar refractivity (Wildman–Crippen MR) is 82.4 cm³/mol. The van der Waals surface area contributed by atoms with Gasteiger partial charge < -0.3 is 9.15 Å². The van der Waals surface area contributed by atoms with Crippen molar-refractivity contribution in [1.29, 1.82) is 0 Å². The largest absolute Gasteiger partial charge is 0.443 e. The van der Waals surface area contributed by atoms with E-state index >= 15 is 0 Å². The Morgan fingerprint density at radius 1 is 1.39 bits per heavy atom. The lowest BCUT2D eigenvalue weighted by Gasteiger charge is -2.19. The highest BCUT2D eigenvalue weighted by atomic mass is 79.9. The first-order chi connectivity index (χ1) is 11.0. The zero-order valence-electron chi connectivity index (χ0n) is 11.8. The van der Waals surface area contributed by atoms with Crippen LogP contribution in [0.4, 0.5) is 5.88 Å². The standard InChI is InChI=1S/C14H10BrN3O5/c1-8(19)17-14(9-3-2-4-10(15)7-9)23-13(16-17)11-5-6-12(22-11)18(20)21/h2-7,14H,1H3/t14-/m0/s1. The molecule has 1 aromatic heterocycles. The van der Waals surface area contributed by atoms with Gasteiger partial charge in [-0.25, -0.2) is 0 Å². The predicted octanol–water partition coefficient (Wildman–Crippen LogP) is 3.19. The van der Waals surface area contributed by atoms with Crippen LogP contribution in [0, 0.1) is 10.1 Å². The summed E-state index contributed by atoms with van der Waals surface area (Å²) in [7, 11) is 0. The molecule has 1 aliphatic heterocycles. The first-order valence-electron chi connectivity index (χ1n) is 6.51. The Labute approximate surface area is 138 Å². The number of nitro groups is 1. The van der Waals surface area contributed by atoms with Gasteiger partial charge in [0.1, 0.15) is 4.92 Å². The van der Waals surface area contributed by atoms with E-state index in [0.29, 0.717) is 5.56 Å². The lowest BCUT2D eigenvalue weighted by Crippen LogP contribution is -2.25. The minimum Gasteiger partial charge on any atom is -0.443 e. The third-order valence-corrected chi connectivity index (χ3v) is 3.58. The maximum Gasteiger partial charge on any atom is 0.433 e. The van der Waals surface area contributed by atoms with Gasteiger partial charge in [-0.05, 0) is 18.2 Å². The summed E-state index contributed by atoms with van der Waals surface area (Å²) in [5, 5.41) is 15.9. The van der Waals surface area contributed by atoms with E-state index in [2.05, 4.69) is 21.0 Å². The second-order valence-electron chi connectivity index (χ2n) is 4.69. The zero-order valence-corrected chi connectivity index (χ0v) is 13.4. The van der Waals surface area contributed by atoms with Gasteiger partial charge in [0.15, 0.2) is 5.76 Å². The van der Waals surface area contributed by atoms with Crippen molar-refractivity contribution in [1.82, 2.24) is 5.01 Å². The number of carbonyl (C=O) groups is 1. The van der Waals surface area contributed by atoms with Crippen LogP contribution in [0.3, 0.4) is 0 Å². The number of furan rings is 1. The number of ether oxygens (including phenoxy) is 1. The number of hydrogen-bond donors (Lipinski definition) is 0. The number of rotatable bonds is 3. The summed E-state index contributed by atoms with van der Waals surface area (Å²) >= 11 is 3.36. The van der Waals surface area contributed by atoms with Crippen molar-refractivity contribution in [3.8, 4) is 0 Å². The molecule has 0 spiro atoms. The third kappa shape index (κ3) is 2.95. The van der Waals surface area contributed by atoms with Crippen LogP contribution >= 0.6 is 15.9 Å². The molecule has 1 amide bonds. The van der Waals surface area contributed by atoms with Crippen molar-refractivity contribution in [2.24, 2.45) is 5.10 Å². The van der Waals surface area contributed by atoms with Gasteiger partial charge in [-0.1, -0.05) is 28.1 Å². The SMILES string of the molecule is CC(=O)N1N=C(c2ccc([N+](=O)[O-])o2)O[C@H]1c1cccc(Br)c1. The van der Waals surface area contributed by atoms with Crippen LogP contribution in [0.1, 0.15) is 24.5 Å². The Balaban J connectivity index is 1.93. The van der Waals surface area contributed by atoms with E-state index < -0.39 is 17.0 Å². The Kier molecular flexibility index (Phi) is 3.87. The molecule has 1 atom stereocenters. The summed E-state index contributed by atoms with van der Waals surface area (Å²) in [6.07, 6.45) is -0.760. The Bertz CT molecular complexity index is 816. The molecular formula is C14H10BrN3O5. The van der Waals surface area contributed by atoms with Crippen LogP contribution < -0.4 is 0 Å². The number of nitrogens with zero attached hydrogens (tertiary/aromatic N) is 3. The molecule has 118 valence electrons. The number of halogens is 1. The van der Waals surface area contributed by atoms with Crippen molar-refractivity contribution in [3.63, 3.8) is 0 Å². The normalized spacial score (nSPS) is 16.9. The second kappa shape index (κ2) is 5.84. The Hall–Kier alpha value is -2.68. The quantitative estimate of drug-likeness (QED) is 0.602. The zero-order chi connectivity index (χ0) is 16.6. The Morgan fingerprint density at radius 2 is 2.17 bits per heavy atom. The first kappa shape index (κ1) is 15.2. The van der Waals surface area contributed by atoms with Crippen molar-refractivity contribution < 1.29 is 18.9 Å². The minimum atomic E-state index is -0.760. The van der Waals surface area contributed by atoms with Crippen LogP contribution in [0.25, 0.3) is 0 Å². The monoisotopic (exact) mass is 379 g/mol. The highest BCUT2D eigenvalue weighted by Crippen LogP contribution is 2.32. The molecule has 0 fully saturated rings. The van der Waals surface area contributed by atoms with Gasteiger partial charge in [-0.2, -0.15) is 5.01 Å². The molecule has 23 heavy (non-hydrogen) atoms. The van der Waals surface area contributed by atoms with Crippen molar-refractivity contribution in [3.05, 3.63) is 62.3 Å². The summed E-state index contributed by atoms with van der Waals surface area (Å²) in [5.41, 5.74) is 0.703. The molecule has 2 heterocycles. The number of benzene rings is 1. The average Bonchev–Trinajstić information content (AvgIpc) is 3.14. The van der Waals surface area contributed by atoms with E-state index in [9.17, 15) is 14.9 Å². The smallest absolute Gasteiger partial charge is 0.433 e. The second-order valence-corrected chi connectivity index (χ2v) is 5.60. The van der Waals surface area contributed by atoms with Crippen LogP contribution in [0.15, 0.2) is 50.4 Å². The van der Waals surface area contributed by atoms with Gasteiger partial charge in [0.2, 0.25) is 12.1 Å². The van der Waals surface area contributed by atoms with E-state index in [0.717, 1.165) is 9.48 Å². The van der Waals surface area contributed by atoms with Gasteiger partial charge >= 0.3 is 5.88 Å². The molecule has 0 unspecified atom stereocenters. The fraction of sp³-hybridized carbons (Fsp3) is 0.143. The van der Waals surface area contributed by atoms with Crippen molar-refractivity contribution in [2.45, 2.75) is 13.2 Å². The van der Waals surface area contributed by atoms with E-state index in [4.69, 9.17) is 9.15 Å². The molecule has 0 aliphatic carbocycles. The third-order valence-electron chi connectivity index (χ3n) is 3.08. The summed E-state index contributed by atoms with van der Waals surface area (Å²) in [6, 6.07) is 9.80. The highest BCUT2D eigenvalue weighted by molar-refractivity contribution is 9.10. The maximum absolute atomic E-state index is 11.8. The van der Waals surface area contributed by atoms with Crippen LogP contribution in [-0.2, 0) is 9.53 Å². The van der Waals surface area contributed by atoms with Gasteiger partial charge in [-0.3, -0.25) is 14.9 Å². The number of amides is 1. The molecule has 1 aliphatic rings. The fourth-order valence-electron chi connectivity index (χ4n) is 2.08. The molecule has 2 aromatic rings. The Morgan fingerprint density at radius 3 is 2.78 bits per heavy atom. The minimum absolute atomic E-state index is 0.0123. The first-order valence-corrected chi connectivity index (χ1v) is 7.30. The van der Waals surface area contributed by atoms with E-state index in [1.165, 1.54) is 19.1 Å². The molecule has 9 heteroatoms. The summed E-state index contributed by atoms with van der Waals surface area (Å²) in [5.74, 6) is -0.656. The van der Waals surface area contributed by atoms with Crippen LogP contribution in [0.5, 0.6) is 0 Å². The number of hydrogen-bond acceptors (Lipinski definition) is 6. The number of carbonyl (C=O) groups excluding carboxylic acids is 1. The molecule has 0 saturated heterocycles. The van der Waals surface area contributed by atoms with E-state index in [-0.39, 0.29) is 17.6 Å². The topological polar surface area (TPSA) is 98.2 Å².